The number of aromatic hydroxyl groups is 1. The molecule has 46 heavy (non-hydrogen) atoms. The summed E-state index contributed by atoms with van der Waals surface area (Å²) in [5.74, 6) is -1.93. The van der Waals surface area contributed by atoms with Crippen LogP contribution in [0.3, 0.4) is 0 Å². The van der Waals surface area contributed by atoms with Gasteiger partial charge in [0.2, 0.25) is 0 Å². The molecule has 1 aromatic carbocycles. The van der Waals surface area contributed by atoms with Gasteiger partial charge < -0.3 is 24.4 Å². The number of carboxylic acid groups (broad SMARTS) is 1. The fraction of sp³-hybridized carbons (Fsp3) is 0.553. The number of benzene rings is 1. The molecule has 2 saturated carbocycles. The van der Waals surface area contributed by atoms with Gasteiger partial charge in [-0.15, -0.1) is 0 Å². The monoisotopic (exact) mass is 628 g/mol. The Kier molecular flexibility index (Phi) is 6.53. The van der Waals surface area contributed by atoms with Gasteiger partial charge in [0.25, 0.3) is 0 Å². The summed E-state index contributed by atoms with van der Waals surface area (Å²) >= 11 is 0. The van der Waals surface area contributed by atoms with Gasteiger partial charge in [-0.2, -0.15) is 0 Å². The molecule has 8 heteroatoms. The van der Waals surface area contributed by atoms with Crippen molar-refractivity contribution < 1.29 is 38.8 Å². The molecule has 1 spiro atoms. The molecule has 7 aliphatic rings. The lowest BCUT2D eigenvalue weighted by Crippen LogP contribution is -2.72. The zero-order chi connectivity index (χ0) is 33.3. The van der Waals surface area contributed by atoms with Crippen molar-refractivity contribution in [3.8, 4) is 17.2 Å². The summed E-state index contributed by atoms with van der Waals surface area (Å²) < 4.78 is 20.8. The van der Waals surface area contributed by atoms with Crippen LogP contribution in [-0.2, 0) is 20.7 Å². The molecule has 6 bridgehead atoms. The van der Waals surface area contributed by atoms with Crippen LogP contribution in [0, 0.1) is 17.8 Å². The molecule has 8 rings (SSSR count). The highest BCUT2D eigenvalue weighted by molar-refractivity contribution is 6.18. The number of carbonyl (C=O) groups is 3. The lowest BCUT2D eigenvalue weighted by molar-refractivity contribution is -0.171. The van der Waals surface area contributed by atoms with E-state index in [0.717, 1.165) is 24.0 Å². The summed E-state index contributed by atoms with van der Waals surface area (Å²) in [6, 6.07) is 0. The third kappa shape index (κ3) is 3.85. The number of aliphatic carboxylic acids is 1. The Morgan fingerprint density at radius 2 is 1.80 bits per heavy atom. The minimum absolute atomic E-state index is 0.0580. The molecule has 7 atom stereocenters. The molecule has 8 nitrogen and oxygen atoms in total. The van der Waals surface area contributed by atoms with E-state index in [9.17, 15) is 24.6 Å². The number of hydrogen-bond acceptors (Lipinski definition) is 7. The van der Waals surface area contributed by atoms with E-state index in [2.05, 4.69) is 19.6 Å². The van der Waals surface area contributed by atoms with Crippen molar-refractivity contribution in [2.45, 2.75) is 115 Å². The predicted molar refractivity (Wildman–Crippen MR) is 171 cm³/mol. The van der Waals surface area contributed by atoms with Crippen LogP contribution in [0.15, 0.2) is 47.1 Å². The second-order valence-corrected chi connectivity index (χ2v) is 15.5. The number of ether oxygens (including phenoxy) is 3. The van der Waals surface area contributed by atoms with Crippen molar-refractivity contribution >= 4 is 17.5 Å². The van der Waals surface area contributed by atoms with Crippen LogP contribution in [0.2, 0.25) is 0 Å². The molecular formula is C38H44O8. The molecule has 0 radical (unpaired) electrons. The first kappa shape index (κ1) is 31.0. The molecular weight excluding hydrogens is 584 g/mol. The first-order chi connectivity index (χ1) is 21.5. The van der Waals surface area contributed by atoms with Crippen molar-refractivity contribution in [2.75, 3.05) is 0 Å². The number of carbonyl (C=O) groups excluding carboxylic acids is 2. The lowest BCUT2D eigenvalue weighted by Gasteiger charge is -2.56. The largest absolute Gasteiger partial charge is 0.507 e. The van der Waals surface area contributed by atoms with Crippen LogP contribution in [0.5, 0.6) is 17.2 Å². The molecule has 7 unspecified atom stereocenters. The first-order valence-electron chi connectivity index (χ1n) is 16.5. The van der Waals surface area contributed by atoms with Crippen LogP contribution in [0.25, 0.3) is 0 Å². The van der Waals surface area contributed by atoms with E-state index in [-0.39, 0.29) is 58.4 Å². The number of Topliss-reactive ketones (excluding diaryl/α,β-unsaturated/α-hetero) is 2. The van der Waals surface area contributed by atoms with Crippen molar-refractivity contribution in [3.05, 3.63) is 63.8 Å². The standard InChI is InChI=1S/C38H44O8/c1-18(2)9-10-23-31-27(24-17-36(8,44-31)13-12-22(24)19(3)4)30(40)28-29(39)25-15-21-16-26-35(6,7)46-37(33(21)41,14-11-20(5)34(42)43)38(25,26)45-32(23)28/h9,11,15,21-22,24,26,40H,3,10,12-14,16-17H2,1-2,4-8H3,(H,42,43)/b20-11-. The Hall–Kier alpha value is -3.65. The minimum Gasteiger partial charge on any atom is -0.507 e. The Morgan fingerprint density at radius 3 is 2.46 bits per heavy atom. The summed E-state index contributed by atoms with van der Waals surface area (Å²) in [6.07, 6.45) is 8.47. The summed E-state index contributed by atoms with van der Waals surface area (Å²) in [5.41, 5.74) is -0.519. The van der Waals surface area contributed by atoms with Gasteiger partial charge in [-0.3, -0.25) is 9.59 Å². The van der Waals surface area contributed by atoms with Gasteiger partial charge in [-0.05, 0) is 86.5 Å². The van der Waals surface area contributed by atoms with E-state index in [1.165, 1.54) is 13.0 Å². The van der Waals surface area contributed by atoms with E-state index < -0.39 is 34.3 Å². The highest BCUT2D eigenvalue weighted by Crippen LogP contribution is 2.69. The normalized spacial score (nSPS) is 36.1. The van der Waals surface area contributed by atoms with Gasteiger partial charge in [0.1, 0.15) is 28.4 Å². The van der Waals surface area contributed by atoms with Gasteiger partial charge in [-0.25, -0.2) is 4.79 Å². The summed E-state index contributed by atoms with van der Waals surface area (Å²) in [6.45, 7) is 17.7. The summed E-state index contributed by atoms with van der Waals surface area (Å²) in [7, 11) is 0. The Bertz CT molecular complexity index is 1740. The van der Waals surface area contributed by atoms with E-state index in [1.54, 1.807) is 6.08 Å². The molecule has 4 aliphatic carbocycles. The molecule has 1 aromatic rings. The average molecular weight is 629 g/mol. The molecule has 3 fully saturated rings. The van der Waals surface area contributed by atoms with Crippen molar-refractivity contribution in [1.29, 1.82) is 0 Å². The molecule has 244 valence electrons. The van der Waals surface area contributed by atoms with Gasteiger partial charge in [0, 0.05) is 46.4 Å². The van der Waals surface area contributed by atoms with E-state index >= 15 is 0 Å². The maximum atomic E-state index is 15.0. The van der Waals surface area contributed by atoms with Crippen LogP contribution in [-0.4, -0.2) is 50.2 Å². The van der Waals surface area contributed by atoms with Crippen molar-refractivity contribution in [1.82, 2.24) is 0 Å². The molecule has 3 heterocycles. The Balaban J connectivity index is 1.52. The molecule has 1 saturated heterocycles. The summed E-state index contributed by atoms with van der Waals surface area (Å²) in [5, 5.41) is 21.8. The van der Waals surface area contributed by atoms with E-state index in [4.69, 9.17) is 14.2 Å². The highest BCUT2D eigenvalue weighted by Gasteiger charge is 2.81. The van der Waals surface area contributed by atoms with Gasteiger partial charge in [0.15, 0.2) is 22.8 Å². The van der Waals surface area contributed by atoms with E-state index in [1.807, 2.05) is 34.6 Å². The number of phenols is 1. The molecule has 0 aromatic heterocycles. The smallest absolute Gasteiger partial charge is 0.330 e. The molecule has 2 N–H and O–H groups in total. The first-order valence-corrected chi connectivity index (χ1v) is 16.5. The zero-order valence-corrected chi connectivity index (χ0v) is 27.8. The lowest BCUT2D eigenvalue weighted by atomic mass is 9.51. The topological polar surface area (TPSA) is 119 Å². The Labute approximate surface area is 270 Å². The van der Waals surface area contributed by atoms with Crippen LogP contribution < -0.4 is 9.47 Å². The number of hydrogen-bond donors (Lipinski definition) is 2. The third-order valence-electron chi connectivity index (χ3n) is 11.8. The second-order valence-electron chi connectivity index (χ2n) is 15.5. The van der Waals surface area contributed by atoms with Crippen LogP contribution >= 0.6 is 0 Å². The van der Waals surface area contributed by atoms with Crippen molar-refractivity contribution in [2.24, 2.45) is 17.8 Å². The number of ketones is 2. The zero-order valence-electron chi connectivity index (χ0n) is 27.8. The average Bonchev–Trinajstić information content (AvgIpc) is 3.11. The van der Waals surface area contributed by atoms with Crippen LogP contribution in [0.1, 0.15) is 108 Å². The number of rotatable bonds is 6. The number of allylic oxidation sites excluding steroid dienone is 4. The molecule has 3 aliphatic heterocycles. The SMILES string of the molecule is C=C(C)C1CCC2(C)CC1c1c(O)c3c(c(CC=C(C)C)c1O2)OC12C(=CC4CC1C(C)(C)OC2(C/C=C(/C)C(=O)O)C4=O)C3=O. The maximum Gasteiger partial charge on any atom is 0.330 e. The highest BCUT2D eigenvalue weighted by atomic mass is 16.6. The fourth-order valence-corrected chi connectivity index (χ4v) is 9.66. The third-order valence-corrected chi connectivity index (χ3v) is 11.8. The number of fused-ring (bicyclic) bond motifs is 5. The van der Waals surface area contributed by atoms with Gasteiger partial charge >= 0.3 is 5.97 Å². The number of carboxylic acids is 1. The van der Waals surface area contributed by atoms with Crippen molar-refractivity contribution in [3.63, 3.8) is 0 Å². The fourth-order valence-electron chi connectivity index (χ4n) is 9.66. The van der Waals surface area contributed by atoms with Gasteiger partial charge in [-0.1, -0.05) is 36.0 Å². The molecule has 0 amide bonds. The predicted octanol–water partition coefficient (Wildman–Crippen LogP) is 6.94. The number of phenolic OH excluding ortho intramolecular Hbond substituents is 1. The summed E-state index contributed by atoms with van der Waals surface area (Å²) in [4.78, 5) is 41.1. The van der Waals surface area contributed by atoms with Crippen LogP contribution in [0.4, 0.5) is 0 Å². The quantitative estimate of drug-likeness (QED) is 0.257. The minimum atomic E-state index is -1.62. The van der Waals surface area contributed by atoms with E-state index in [0.29, 0.717) is 41.7 Å². The second kappa shape index (κ2) is 9.69. The van der Waals surface area contributed by atoms with Gasteiger partial charge in [0.05, 0.1) is 5.60 Å². The maximum absolute atomic E-state index is 15.0. The Morgan fingerprint density at radius 1 is 1.09 bits per heavy atom.